The van der Waals surface area contributed by atoms with E-state index in [0.717, 1.165) is 19.3 Å². The lowest BCUT2D eigenvalue weighted by molar-refractivity contribution is 0.538. The molecule has 0 heterocycles. The van der Waals surface area contributed by atoms with Crippen LogP contribution in [0.4, 0.5) is 0 Å². The lowest BCUT2D eigenvalue weighted by atomic mass is 10.1. The fraction of sp³-hybridized carbons (Fsp3) is 0.462. The van der Waals surface area contributed by atoms with Gasteiger partial charge in [0, 0.05) is 6.04 Å². The van der Waals surface area contributed by atoms with E-state index in [1.54, 1.807) is 0 Å². The summed E-state index contributed by atoms with van der Waals surface area (Å²) < 4.78 is 26.9. The van der Waals surface area contributed by atoms with Crippen LogP contribution in [0.2, 0.25) is 0 Å². The fourth-order valence-corrected chi connectivity index (χ4v) is 3.59. The third kappa shape index (κ3) is 2.89. The summed E-state index contributed by atoms with van der Waals surface area (Å²) in [7, 11) is -3.45. The van der Waals surface area contributed by atoms with Crippen molar-refractivity contribution in [3.05, 3.63) is 29.8 Å². The molecule has 1 aromatic rings. The molecule has 2 rings (SSSR count). The Morgan fingerprint density at radius 3 is 2.44 bits per heavy atom. The minimum Gasteiger partial charge on any atom is -0.208 e. The van der Waals surface area contributed by atoms with Gasteiger partial charge in [-0.15, -0.1) is 0 Å². The molecule has 5 heteroatoms. The molecule has 0 spiro atoms. The van der Waals surface area contributed by atoms with Gasteiger partial charge in [-0.2, -0.15) is 5.26 Å². The maximum absolute atomic E-state index is 12.1. The van der Waals surface area contributed by atoms with E-state index in [0.29, 0.717) is 11.5 Å². The summed E-state index contributed by atoms with van der Waals surface area (Å²) in [5.41, 5.74) is 0.462. The van der Waals surface area contributed by atoms with E-state index in [2.05, 4.69) is 11.6 Å². The SMILES string of the molecule is CC1CCC(NS(=O)(=O)c2ccc(C#N)cc2)C1. The summed E-state index contributed by atoms with van der Waals surface area (Å²) in [6.45, 7) is 2.13. The third-order valence-corrected chi connectivity index (χ3v) is 4.85. The van der Waals surface area contributed by atoms with Crippen LogP contribution in [0.5, 0.6) is 0 Å². The highest BCUT2D eigenvalue weighted by Crippen LogP contribution is 2.26. The Labute approximate surface area is 108 Å². The molecule has 1 N–H and O–H groups in total. The normalized spacial score (nSPS) is 23.8. The second-order valence-electron chi connectivity index (χ2n) is 4.87. The second-order valence-corrected chi connectivity index (χ2v) is 6.59. The number of nitrogens with one attached hydrogen (secondary N) is 1. The van der Waals surface area contributed by atoms with E-state index in [9.17, 15) is 8.42 Å². The van der Waals surface area contributed by atoms with Crippen molar-refractivity contribution < 1.29 is 8.42 Å². The van der Waals surface area contributed by atoms with Crippen LogP contribution in [0.15, 0.2) is 29.2 Å². The predicted octanol–water partition coefficient (Wildman–Crippen LogP) is 2.03. The number of benzene rings is 1. The topological polar surface area (TPSA) is 70.0 Å². The van der Waals surface area contributed by atoms with Gasteiger partial charge in [-0.3, -0.25) is 0 Å². The maximum Gasteiger partial charge on any atom is 0.240 e. The van der Waals surface area contributed by atoms with Gasteiger partial charge in [0.2, 0.25) is 10.0 Å². The van der Waals surface area contributed by atoms with E-state index in [-0.39, 0.29) is 10.9 Å². The molecule has 0 amide bonds. The molecule has 1 aliphatic rings. The van der Waals surface area contributed by atoms with E-state index >= 15 is 0 Å². The number of nitriles is 1. The zero-order chi connectivity index (χ0) is 13.2. The Bertz CT molecular complexity index is 558. The molecule has 0 saturated heterocycles. The Balaban J connectivity index is 2.13. The largest absolute Gasteiger partial charge is 0.240 e. The van der Waals surface area contributed by atoms with Crippen LogP contribution in [-0.2, 0) is 10.0 Å². The number of hydrogen-bond donors (Lipinski definition) is 1. The second kappa shape index (κ2) is 5.09. The van der Waals surface area contributed by atoms with Crippen molar-refractivity contribution in [2.24, 2.45) is 5.92 Å². The van der Waals surface area contributed by atoms with Gasteiger partial charge in [-0.05, 0) is 49.4 Å². The summed E-state index contributed by atoms with van der Waals surface area (Å²) in [4.78, 5) is 0.223. The number of nitrogens with zero attached hydrogens (tertiary/aromatic N) is 1. The van der Waals surface area contributed by atoms with Crippen LogP contribution < -0.4 is 4.72 Å². The first-order valence-electron chi connectivity index (χ1n) is 6.04. The third-order valence-electron chi connectivity index (χ3n) is 3.31. The van der Waals surface area contributed by atoms with Gasteiger partial charge in [0.25, 0.3) is 0 Å². The van der Waals surface area contributed by atoms with Crippen molar-refractivity contribution in [2.45, 2.75) is 37.1 Å². The minimum atomic E-state index is -3.45. The Kier molecular flexibility index (Phi) is 3.69. The van der Waals surface area contributed by atoms with Crippen molar-refractivity contribution in [3.63, 3.8) is 0 Å². The van der Waals surface area contributed by atoms with Gasteiger partial charge in [-0.1, -0.05) is 6.92 Å². The molecule has 2 unspecified atom stereocenters. The van der Waals surface area contributed by atoms with Crippen molar-refractivity contribution in [3.8, 4) is 6.07 Å². The van der Waals surface area contributed by atoms with E-state index in [4.69, 9.17) is 5.26 Å². The number of sulfonamides is 1. The van der Waals surface area contributed by atoms with Gasteiger partial charge in [0.15, 0.2) is 0 Å². The van der Waals surface area contributed by atoms with Crippen LogP contribution in [-0.4, -0.2) is 14.5 Å². The molecule has 0 radical (unpaired) electrons. The Morgan fingerprint density at radius 2 is 1.94 bits per heavy atom. The first-order chi connectivity index (χ1) is 8.51. The molecule has 18 heavy (non-hydrogen) atoms. The van der Waals surface area contributed by atoms with E-state index in [1.165, 1.54) is 24.3 Å². The molecule has 0 bridgehead atoms. The van der Waals surface area contributed by atoms with Crippen LogP contribution >= 0.6 is 0 Å². The van der Waals surface area contributed by atoms with Crippen molar-refractivity contribution in [2.75, 3.05) is 0 Å². The van der Waals surface area contributed by atoms with Crippen molar-refractivity contribution in [1.82, 2.24) is 4.72 Å². The standard InChI is InChI=1S/C13H16N2O2S/c1-10-2-5-12(8-10)15-18(16,17)13-6-3-11(9-14)4-7-13/h3-4,6-7,10,12,15H,2,5,8H2,1H3. The highest BCUT2D eigenvalue weighted by Gasteiger charge is 2.26. The smallest absolute Gasteiger partial charge is 0.208 e. The van der Waals surface area contributed by atoms with Gasteiger partial charge in [0.05, 0.1) is 16.5 Å². The Morgan fingerprint density at radius 1 is 1.28 bits per heavy atom. The van der Waals surface area contributed by atoms with Crippen molar-refractivity contribution >= 4 is 10.0 Å². The lowest BCUT2D eigenvalue weighted by Crippen LogP contribution is -2.32. The average Bonchev–Trinajstić information content (AvgIpc) is 2.74. The number of hydrogen-bond acceptors (Lipinski definition) is 3. The van der Waals surface area contributed by atoms with Gasteiger partial charge in [0.1, 0.15) is 0 Å². The first kappa shape index (κ1) is 13.1. The molecule has 4 nitrogen and oxygen atoms in total. The monoisotopic (exact) mass is 264 g/mol. The molecule has 0 aromatic heterocycles. The zero-order valence-electron chi connectivity index (χ0n) is 10.3. The molecular formula is C13H16N2O2S. The predicted molar refractivity (Wildman–Crippen MR) is 68.3 cm³/mol. The molecule has 0 aliphatic heterocycles. The van der Waals surface area contributed by atoms with Crippen LogP contribution in [0.3, 0.4) is 0 Å². The van der Waals surface area contributed by atoms with Crippen LogP contribution in [0.25, 0.3) is 0 Å². The van der Waals surface area contributed by atoms with Crippen LogP contribution in [0.1, 0.15) is 31.7 Å². The Hall–Kier alpha value is -1.38. The molecule has 1 fully saturated rings. The lowest BCUT2D eigenvalue weighted by Gasteiger charge is -2.12. The maximum atomic E-state index is 12.1. The molecular weight excluding hydrogens is 248 g/mol. The van der Waals surface area contributed by atoms with E-state index < -0.39 is 10.0 Å². The van der Waals surface area contributed by atoms with Gasteiger partial charge in [-0.25, -0.2) is 13.1 Å². The number of rotatable bonds is 3. The summed E-state index contributed by atoms with van der Waals surface area (Å²) in [5.74, 6) is 0.582. The zero-order valence-corrected chi connectivity index (χ0v) is 11.1. The van der Waals surface area contributed by atoms with Crippen molar-refractivity contribution in [1.29, 1.82) is 5.26 Å². The summed E-state index contributed by atoms with van der Waals surface area (Å²) in [6.07, 6.45) is 2.87. The minimum absolute atomic E-state index is 0.0423. The molecule has 1 saturated carbocycles. The van der Waals surface area contributed by atoms with E-state index in [1.807, 2.05) is 6.07 Å². The van der Waals surface area contributed by atoms with Gasteiger partial charge >= 0.3 is 0 Å². The average molecular weight is 264 g/mol. The summed E-state index contributed by atoms with van der Waals surface area (Å²) >= 11 is 0. The molecule has 2 atom stereocenters. The highest BCUT2D eigenvalue weighted by atomic mass is 32.2. The molecule has 1 aliphatic carbocycles. The molecule has 96 valence electrons. The summed E-state index contributed by atoms with van der Waals surface area (Å²) in [6, 6.07) is 7.99. The highest BCUT2D eigenvalue weighted by molar-refractivity contribution is 7.89. The quantitative estimate of drug-likeness (QED) is 0.908. The van der Waals surface area contributed by atoms with Crippen LogP contribution in [0, 0.1) is 17.2 Å². The van der Waals surface area contributed by atoms with Gasteiger partial charge < -0.3 is 0 Å². The first-order valence-corrected chi connectivity index (χ1v) is 7.52. The fourth-order valence-electron chi connectivity index (χ4n) is 2.31. The molecule has 1 aromatic carbocycles. The summed E-state index contributed by atoms with van der Waals surface area (Å²) in [5, 5.41) is 8.68.